The largest absolute Gasteiger partial charge is 0.324 e. The highest BCUT2D eigenvalue weighted by Crippen LogP contribution is 2.34. The predicted octanol–water partition coefficient (Wildman–Crippen LogP) is 3.51. The van der Waals surface area contributed by atoms with Crippen LogP contribution in [0.2, 0.25) is 0 Å². The van der Waals surface area contributed by atoms with E-state index in [1.165, 1.54) is 12.8 Å². The Morgan fingerprint density at radius 2 is 1.95 bits per heavy atom. The molecule has 0 unspecified atom stereocenters. The molecule has 1 N–H and O–H groups in total. The molecule has 3 rings (SSSR count). The highest BCUT2D eigenvalue weighted by molar-refractivity contribution is 6.02. The third-order valence-electron chi connectivity index (χ3n) is 4.46. The summed E-state index contributed by atoms with van der Waals surface area (Å²) in [5, 5.41) is 5.29. The Labute approximate surface area is 125 Å². The molecular formula is C18H22N2O. The number of anilines is 1. The van der Waals surface area contributed by atoms with Crippen molar-refractivity contribution >= 4 is 22.4 Å². The van der Waals surface area contributed by atoms with Gasteiger partial charge in [-0.05, 0) is 44.2 Å². The lowest BCUT2D eigenvalue weighted by Gasteiger charge is -2.24. The molecule has 0 heterocycles. The zero-order valence-electron chi connectivity index (χ0n) is 12.7. The number of rotatable bonds is 5. The minimum absolute atomic E-state index is 0.0568. The Balaban J connectivity index is 1.68. The zero-order valence-corrected chi connectivity index (χ0v) is 12.7. The van der Waals surface area contributed by atoms with Crippen molar-refractivity contribution in [2.75, 3.05) is 18.9 Å². The van der Waals surface area contributed by atoms with E-state index in [0.717, 1.165) is 22.4 Å². The Bertz CT molecular complexity index is 643. The Morgan fingerprint density at radius 3 is 2.71 bits per heavy atom. The molecule has 1 amide bonds. The van der Waals surface area contributed by atoms with Crippen molar-refractivity contribution in [2.24, 2.45) is 5.92 Å². The van der Waals surface area contributed by atoms with E-state index in [0.29, 0.717) is 12.6 Å². The average molecular weight is 282 g/mol. The Morgan fingerprint density at radius 1 is 1.24 bits per heavy atom. The van der Waals surface area contributed by atoms with E-state index in [-0.39, 0.29) is 5.91 Å². The van der Waals surface area contributed by atoms with Gasteiger partial charge in [-0.2, -0.15) is 0 Å². The third-order valence-corrected chi connectivity index (χ3v) is 4.46. The van der Waals surface area contributed by atoms with Crippen LogP contribution in [0.15, 0.2) is 42.5 Å². The molecule has 1 atom stereocenters. The van der Waals surface area contributed by atoms with Gasteiger partial charge in [0.2, 0.25) is 5.91 Å². The molecule has 110 valence electrons. The van der Waals surface area contributed by atoms with E-state index in [4.69, 9.17) is 0 Å². The topological polar surface area (TPSA) is 32.3 Å². The van der Waals surface area contributed by atoms with Gasteiger partial charge in [0.1, 0.15) is 0 Å². The maximum Gasteiger partial charge on any atom is 0.238 e. The number of amides is 1. The van der Waals surface area contributed by atoms with Crippen molar-refractivity contribution in [3.63, 3.8) is 0 Å². The molecule has 1 fully saturated rings. The molecule has 0 bridgehead atoms. The minimum Gasteiger partial charge on any atom is -0.324 e. The van der Waals surface area contributed by atoms with E-state index in [1.54, 1.807) is 0 Å². The summed E-state index contributed by atoms with van der Waals surface area (Å²) in [6, 6.07) is 14.6. The lowest BCUT2D eigenvalue weighted by atomic mass is 10.1. The standard InChI is InChI=1S/C18H22N2O/c1-13(14-10-11-14)20(2)12-18(21)19-17-9-5-7-15-6-3-4-8-16(15)17/h3-9,13-14H,10-12H2,1-2H3,(H,19,21)/t13-/m0/s1. The zero-order chi connectivity index (χ0) is 14.8. The number of carbonyl (C=O) groups is 1. The van der Waals surface area contributed by atoms with E-state index < -0.39 is 0 Å². The van der Waals surface area contributed by atoms with Gasteiger partial charge in [0.05, 0.1) is 6.54 Å². The van der Waals surface area contributed by atoms with Gasteiger partial charge in [-0.3, -0.25) is 9.69 Å². The van der Waals surface area contributed by atoms with Gasteiger partial charge in [-0.1, -0.05) is 36.4 Å². The van der Waals surface area contributed by atoms with Crippen LogP contribution >= 0.6 is 0 Å². The number of hydrogen-bond donors (Lipinski definition) is 1. The molecule has 0 radical (unpaired) electrons. The normalized spacial score (nSPS) is 16.1. The second-order valence-corrected chi connectivity index (χ2v) is 6.07. The lowest BCUT2D eigenvalue weighted by molar-refractivity contribution is -0.117. The summed E-state index contributed by atoms with van der Waals surface area (Å²) in [6.07, 6.45) is 2.60. The summed E-state index contributed by atoms with van der Waals surface area (Å²) in [5.74, 6) is 0.835. The quantitative estimate of drug-likeness (QED) is 0.910. The van der Waals surface area contributed by atoms with Crippen LogP contribution in [-0.2, 0) is 4.79 Å². The molecule has 0 aliphatic heterocycles. The molecule has 2 aromatic rings. The first-order chi connectivity index (χ1) is 10.1. The van der Waals surface area contributed by atoms with Gasteiger partial charge >= 0.3 is 0 Å². The maximum absolute atomic E-state index is 12.3. The molecule has 2 aromatic carbocycles. The second-order valence-electron chi connectivity index (χ2n) is 6.07. The highest BCUT2D eigenvalue weighted by Gasteiger charge is 2.30. The van der Waals surface area contributed by atoms with E-state index in [1.807, 2.05) is 37.4 Å². The van der Waals surface area contributed by atoms with Crippen LogP contribution in [0.1, 0.15) is 19.8 Å². The van der Waals surface area contributed by atoms with Crippen LogP contribution in [-0.4, -0.2) is 30.4 Å². The lowest BCUT2D eigenvalue weighted by Crippen LogP contribution is -2.37. The summed E-state index contributed by atoms with van der Waals surface area (Å²) in [4.78, 5) is 14.4. The molecule has 3 heteroatoms. The molecular weight excluding hydrogens is 260 g/mol. The fourth-order valence-corrected chi connectivity index (χ4v) is 2.83. The predicted molar refractivity (Wildman–Crippen MR) is 87.4 cm³/mol. The Hall–Kier alpha value is -1.87. The monoisotopic (exact) mass is 282 g/mol. The number of nitrogens with zero attached hydrogens (tertiary/aromatic N) is 1. The first-order valence-electron chi connectivity index (χ1n) is 7.63. The summed E-state index contributed by atoms with van der Waals surface area (Å²) >= 11 is 0. The average Bonchev–Trinajstić information content (AvgIpc) is 3.31. The number of fused-ring (bicyclic) bond motifs is 1. The number of benzene rings is 2. The van der Waals surface area contributed by atoms with E-state index in [2.05, 4.69) is 29.3 Å². The SMILES string of the molecule is C[C@@H](C1CC1)N(C)CC(=O)Nc1cccc2ccccc12. The number of carbonyl (C=O) groups excluding carboxylic acids is 1. The van der Waals surface area contributed by atoms with Crippen molar-refractivity contribution < 1.29 is 4.79 Å². The number of hydrogen-bond acceptors (Lipinski definition) is 2. The van der Waals surface area contributed by atoms with Gasteiger partial charge in [0.25, 0.3) is 0 Å². The summed E-state index contributed by atoms with van der Waals surface area (Å²) in [5.41, 5.74) is 0.894. The van der Waals surface area contributed by atoms with Gasteiger partial charge in [-0.15, -0.1) is 0 Å². The van der Waals surface area contributed by atoms with Crippen LogP contribution in [0, 0.1) is 5.92 Å². The highest BCUT2D eigenvalue weighted by atomic mass is 16.2. The minimum atomic E-state index is 0.0568. The van der Waals surface area contributed by atoms with Crippen LogP contribution in [0.4, 0.5) is 5.69 Å². The first kappa shape index (κ1) is 14.1. The van der Waals surface area contributed by atoms with Crippen LogP contribution in [0.25, 0.3) is 10.8 Å². The van der Waals surface area contributed by atoms with E-state index >= 15 is 0 Å². The molecule has 0 aromatic heterocycles. The molecule has 1 aliphatic carbocycles. The van der Waals surface area contributed by atoms with Crippen molar-refractivity contribution in [3.05, 3.63) is 42.5 Å². The molecule has 1 aliphatic rings. The molecule has 1 saturated carbocycles. The number of nitrogens with one attached hydrogen (secondary N) is 1. The van der Waals surface area contributed by atoms with Gasteiger partial charge in [-0.25, -0.2) is 0 Å². The van der Waals surface area contributed by atoms with Crippen molar-refractivity contribution in [1.82, 2.24) is 4.90 Å². The number of likely N-dealkylation sites (N-methyl/N-ethyl adjacent to an activating group) is 1. The molecule has 21 heavy (non-hydrogen) atoms. The maximum atomic E-state index is 12.3. The first-order valence-corrected chi connectivity index (χ1v) is 7.63. The van der Waals surface area contributed by atoms with Crippen LogP contribution in [0.5, 0.6) is 0 Å². The van der Waals surface area contributed by atoms with Gasteiger partial charge in [0, 0.05) is 17.1 Å². The molecule has 3 nitrogen and oxygen atoms in total. The molecule has 0 saturated heterocycles. The molecule has 0 spiro atoms. The Kier molecular flexibility index (Phi) is 3.93. The van der Waals surface area contributed by atoms with Gasteiger partial charge < -0.3 is 5.32 Å². The fraction of sp³-hybridized carbons (Fsp3) is 0.389. The van der Waals surface area contributed by atoms with Crippen molar-refractivity contribution in [3.8, 4) is 0 Å². The van der Waals surface area contributed by atoms with E-state index in [9.17, 15) is 4.79 Å². The smallest absolute Gasteiger partial charge is 0.238 e. The van der Waals surface area contributed by atoms with Crippen molar-refractivity contribution in [2.45, 2.75) is 25.8 Å². The fourth-order valence-electron chi connectivity index (χ4n) is 2.83. The third kappa shape index (κ3) is 3.24. The summed E-state index contributed by atoms with van der Waals surface area (Å²) < 4.78 is 0. The summed E-state index contributed by atoms with van der Waals surface area (Å²) in [6.45, 7) is 2.66. The van der Waals surface area contributed by atoms with Gasteiger partial charge in [0.15, 0.2) is 0 Å². The van der Waals surface area contributed by atoms with Crippen LogP contribution < -0.4 is 5.32 Å². The van der Waals surface area contributed by atoms with Crippen molar-refractivity contribution in [1.29, 1.82) is 0 Å². The van der Waals surface area contributed by atoms with Crippen LogP contribution in [0.3, 0.4) is 0 Å². The second kappa shape index (κ2) is 5.86. The summed E-state index contributed by atoms with van der Waals surface area (Å²) in [7, 11) is 2.03.